The van der Waals surface area contributed by atoms with Gasteiger partial charge in [-0.25, -0.2) is 9.97 Å². The smallest absolute Gasteiger partial charge is 0.186 e. The summed E-state index contributed by atoms with van der Waals surface area (Å²) in [5.74, 6) is 1.68. The largest absolute Gasteiger partial charge is 0.348 e. The lowest BCUT2D eigenvalue weighted by Gasteiger charge is -2.31. The van der Waals surface area contributed by atoms with E-state index in [0.717, 1.165) is 48.8 Å². The molecule has 0 aliphatic carbocycles. The van der Waals surface area contributed by atoms with Gasteiger partial charge in [-0.15, -0.1) is 0 Å². The monoisotopic (exact) mass is 375 g/mol. The fourth-order valence-corrected chi connectivity index (χ4v) is 4.82. The van der Waals surface area contributed by atoms with Gasteiger partial charge in [-0.1, -0.05) is 29.5 Å². The fourth-order valence-electron chi connectivity index (χ4n) is 3.80. The molecule has 6 heteroatoms. The Balaban J connectivity index is 1.29. The van der Waals surface area contributed by atoms with Gasteiger partial charge in [0.2, 0.25) is 0 Å². The molecule has 1 fully saturated rings. The molecule has 0 spiro atoms. The van der Waals surface area contributed by atoms with E-state index >= 15 is 0 Å². The molecule has 0 N–H and O–H groups in total. The zero-order valence-electron chi connectivity index (χ0n) is 15.0. The van der Waals surface area contributed by atoms with E-state index < -0.39 is 0 Å². The van der Waals surface area contributed by atoms with Crippen LogP contribution in [0.25, 0.3) is 10.2 Å². The number of rotatable bonds is 4. The summed E-state index contributed by atoms with van der Waals surface area (Å²) in [5, 5.41) is 1.14. The van der Waals surface area contributed by atoms with Crippen molar-refractivity contribution in [2.75, 3.05) is 18.0 Å². The molecule has 0 amide bonds. The van der Waals surface area contributed by atoms with Gasteiger partial charge in [0.05, 0.1) is 22.5 Å². The Morgan fingerprint density at radius 3 is 2.63 bits per heavy atom. The van der Waals surface area contributed by atoms with E-state index in [4.69, 9.17) is 4.98 Å². The molecule has 1 aromatic carbocycles. The molecule has 0 radical (unpaired) electrons. The number of anilines is 1. The number of hydrogen-bond acceptors (Lipinski definition) is 5. The SMILES string of the molecule is c1ccc(Cn2ccnc2C2CCN(c3nc4ccccc4s3)CC2)nc1. The van der Waals surface area contributed by atoms with Crippen LogP contribution in [0.5, 0.6) is 0 Å². The van der Waals surface area contributed by atoms with Gasteiger partial charge in [-0.05, 0) is 37.1 Å². The molecule has 0 saturated carbocycles. The lowest BCUT2D eigenvalue weighted by Crippen LogP contribution is -2.33. The van der Waals surface area contributed by atoms with Crippen molar-refractivity contribution >= 4 is 26.7 Å². The second kappa shape index (κ2) is 7.12. The second-order valence-electron chi connectivity index (χ2n) is 6.96. The van der Waals surface area contributed by atoms with Crippen LogP contribution in [0.15, 0.2) is 61.1 Å². The minimum absolute atomic E-state index is 0.495. The predicted molar refractivity (Wildman–Crippen MR) is 109 cm³/mol. The quantitative estimate of drug-likeness (QED) is 0.533. The number of pyridine rings is 1. The molecule has 1 aliphatic rings. The van der Waals surface area contributed by atoms with Gasteiger partial charge in [0.1, 0.15) is 5.82 Å². The van der Waals surface area contributed by atoms with E-state index in [9.17, 15) is 0 Å². The van der Waals surface area contributed by atoms with Gasteiger partial charge in [-0.3, -0.25) is 4.98 Å². The van der Waals surface area contributed by atoms with E-state index in [-0.39, 0.29) is 0 Å². The Morgan fingerprint density at radius 2 is 1.81 bits per heavy atom. The highest BCUT2D eigenvalue weighted by Gasteiger charge is 2.25. The Bertz CT molecular complexity index is 998. The van der Waals surface area contributed by atoms with Gasteiger partial charge >= 0.3 is 0 Å². The summed E-state index contributed by atoms with van der Waals surface area (Å²) in [7, 11) is 0. The molecule has 0 atom stereocenters. The van der Waals surface area contributed by atoms with Gasteiger partial charge in [0, 0.05) is 37.6 Å². The van der Waals surface area contributed by atoms with Crippen molar-refractivity contribution in [2.24, 2.45) is 0 Å². The van der Waals surface area contributed by atoms with Gasteiger partial charge in [0.15, 0.2) is 5.13 Å². The Morgan fingerprint density at radius 1 is 0.963 bits per heavy atom. The van der Waals surface area contributed by atoms with E-state index in [1.54, 1.807) is 11.3 Å². The number of para-hydroxylation sites is 1. The van der Waals surface area contributed by atoms with Crippen molar-refractivity contribution in [3.63, 3.8) is 0 Å². The first-order valence-corrected chi connectivity index (χ1v) is 10.2. The molecule has 0 bridgehead atoms. The molecule has 5 nitrogen and oxygen atoms in total. The zero-order valence-corrected chi connectivity index (χ0v) is 15.8. The lowest BCUT2D eigenvalue weighted by atomic mass is 9.96. The summed E-state index contributed by atoms with van der Waals surface area (Å²) in [6.07, 6.45) is 8.05. The lowest BCUT2D eigenvalue weighted by molar-refractivity contribution is 0.469. The summed E-state index contributed by atoms with van der Waals surface area (Å²) in [6, 6.07) is 14.4. The number of thiazole rings is 1. The van der Waals surface area contributed by atoms with E-state index in [2.05, 4.69) is 56.0 Å². The molecule has 4 aromatic rings. The Labute approximate surface area is 162 Å². The average Bonchev–Trinajstić information content (AvgIpc) is 3.36. The van der Waals surface area contributed by atoms with Crippen LogP contribution in [-0.4, -0.2) is 32.6 Å². The third kappa shape index (κ3) is 3.32. The Kier molecular flexibility index (Phi) is 4.33. The van der Waals surface area contributed by atoms with Crippen molar-refractivity contribution in [2.45, 2.75) is 25.3 Å². The molecule has 0 unspecified atom stereocenters. The molecule has 4 heterocycles. The van der Waals surface area contributed by atoms with Crippen LogP contribution >= 0.6 is 11.3 Å². The van der Waals surface area contributed by atoms with Crippen LogP contribution in [0, 0.1) is 0 Å². The van der Waals surface area contributed by atoms with Crippen molar-refractivity contribution in [3.8, 4) is 0 Å². The molecular weight excluding hydrogens is 354 g/mol. The van der Waals surface area contributed by atoms with Crippen LogP contribution in [0.4, 0.5) is 5.13 Å². The summed E-state index contributed by atoms with van der Waals surface area (Å²) < 4.78 is 3.51. The fraction of sp³-hybridized carbons (Fsp3) is 0.286. The molecule has 5 rings (SSSR count). The topological polar surface area (TPSA) is 46.8 Å². The standard InChI is InChI=1S/C21H21N5S/c1-2-7-19-18(6-1)24-21(27-19)25-12-8-16(9-13-25)20-23-11-14-26(20)15-17-5-3-4-10-22-17/h1-7,10-11,14,16H,8-9,12-13,15H2. The van der Waals surface area contributed by atoms with Crippen molar-refractivity contribution in [1.29, 1.82) is 0 Å². The number of imidazole rings is 1. The second-order valence-corrected chi connectivity index (χ2v) is 7.97. The highest BCUT2D eigenvalue weighted by atomic mass is 32.1. The number of piperidine rings is 1. The van der Waals surface area contributed by atoms with Crippen molar-refractivity contribution in [1.82, 2.24) is 19.5 Å². The maximum absolute atomic E-state index is 4.81. The predicted octanol–water partition coefficient (Wildman–Crippen LogP) is 4.32. The highest BCUT2D eigenvalue weighted by molar-refractivity contribution is 7.22. The average molecular weight is 376 g/mol. The number of aromatic nitrogens is 4. The minimum Gasteiger partial charge on any atom is -0.348 e. The number of benzene rings is 1. The minimum atomic E-state index is 0.495. The maximum Gasteiger partial charge on any atom is 0.186 e. The highest BCUT2D eigenvalue weighted by Crippen LogP contribution is 2.34. The van der Waals surface area contributed by atoms with Crippen LogP contribution in [0.1, 0.15) is 30.3 Å². The first kappa shape index (κ1) is 16.4. The van der Waals surface area contributed by atoms with Gasteiger partial charge < -0.3 is 9.47 Å². The Hall–Kier alpha value is -2.73. The van der Waals surface area contributed by atoms with E-state index in [0.29, 0.717) is 5.92 Å². The maximum atomic E-state index is 4.81. The molecular formula is C21H21N5S. The number of nitrogens with zero attached hydrogens (tertiary/aromatic N) is 5. The summed E-state index contributed by atoms with van der Waals surface area (Å²) >= 11 is 1.79. The molecule has 136 valence electrons. The van der Waals surface area contributed by atoms with Gasteiger partial charge in [-0.2, -0.15) is 0 Å². The van der Waals surface area contributed by atoms with Crippen molar-refractivity contribution < 1.29 is 0 Å². The first-order chi connectivity index (χ1) is 13.4. The normalized spacial score (nSPS) is 15.5. The van der Waals surface area contributed by atoms with Gasteiger partial charge in [0.25, 0.3) is 0 Å². The zero-order chi connectivity index (χ0) is 18.1. The third-order valence-corrected chi connectivity index (χ3v) is 6.32. The number of fused-ring (bicyclic) bond motifs is 1. The molecule has 3 aromatic heterocycles. The van der Waals surface area contributed by atoms with Crippen LogP contribution in [0.2, 0.25) is 0 Å². The van der Waals surface area contributed by atoms with E-state index in [1.807, 2.05) is 24.5 Å². The first-order valence-electron chi connectivity index (χ1n) is 9.38. The summed E-state index contributed by atoms with van der Waals surface area (Å²) in [5.41, 5.74) is 2.18. The van der Waals surface area contributed by atoms with Crippen LogP contribution in [0.3, 0.4) is 0 Å². The summed E-state index contributed by atoms with van der Waals surface area (Å²) in [6.45, 7) is 2.84. The third-order valence-electron chi connectivity index (χ3n) is 5.22. The molecule has 1 saturated heterocycles. The molecule has 1 aliphatic heterocycles. The van der Waals surface area contributed by atoms with E-state index in [1.165, 1.54) is 10.5 Å². The van der Waals surface area contributed by atoms with Crippen molar-refractivity contribution in [3.05, 3.63) is 72.6 Å². The molecule has 27 heavy (non-hydrogen) atoms. The van der Waals surface area contributed by atoms with Crippen LogP contribution < -0.4 is 4.90 Å². The number of hydrogen-bond donors (Lipinski definition) is 0. The van der Waals surface area contributed by atoms with Crippen LogP contribution in [-0.2, 0) is 6.54 Å². The summed E-state index contributed by atoms with van der Waals surface area (Å²) in [4.78, 5) is 16.4.